The minimum Gasteiger partial charge on any atom is -0.495 e. The molecule has 2 nitrogen and oxygen atoms in total. The fraction of sp³-hybridized carbons (Fsp3) is 0.571. The Labute approximate surface area is 113 Å². The van der Waals surface area contributed by atoms with Crippen molar-refractivity contribution < 1.29 is 4.74 Å². The van der Waals surface area contributed by atoms with Gasteiger partial charge < -0.3 is 10.5 Å². The van der Waals surface area contributed by atoms with Crippen LogP contribution in [-0.4, -0.2) is 13.7 Å². The average Bonchev–Trinajstić information content (AvgIpc) is 2.28. The second-order valence-corrected chi connectivity index (χ2v) is 5.61. The first-order valence-corrected chi connectivity index (χ1v) is 6.87. The van der Waals surface area contributed by atoms with Crippen LogP contribution in [0, 0.1) is 0 Å². The van der Waals surface area contributed by atoms with Crippen LogP contribution >= 0.6 is 15.9 Å². The van der Waals surface area contributed by atoms with Gasteiger partial charge in [0, 0.05) is 0 Å². The Hall–Kier alpha value is -0.540. The SMILES string of the molecule is COc1c(Br)cc(C(C)C)cc1C(C)CCN. The summed E-state index contributed by atoms with van der Waals surface area (Å²) in [5, 5.41) is 0. The largest absolute Gasteiger partial charge is 0.495 e. The lowest BCUT2D eigenvalue weighted by atomic mass is 9.92. The molecular formula is C14H22BrNO. The van der Waals surface area contributed by atoms with E-state index in [-0.39, 0.29) is 0 Å². The number of halogens is 1. The maximum absolute atomic E-state index is 5.64. The van der Waals surface area contributed by atoms with Gasteiger partial charge in [0.1, 0.15) is 5.75 Å². The summed E-state index contributed by atoms with van der Waals surface area (Å²) in [4.78, 5) is 0. The molecule has 0 bridgehead atoms. The molecule has 3 heteroatoms. The molecule has 0 amide bonds. The molecule has 2 N–H and O–H groups in total. The summed E-state index contributed by atoms with van der Waals surface area (Å²) in [6, 6.07) is 4.39. The van der Waals surface area contributed by atoms with Crippen molar-refractivity contribution in [1.29, 1.82) is 0 Å². The first-order valence-electron chi connectivity index (χ1n) is 6.08. The fourth-order valence-corrected chi connectivity index (χ4v) is 2.61. The van der Waals surface area contributed by atoms with E-state index < -0.39 is 0 Å². The third-order valence-electron chi connectivity index (χ3n) is 3.10. The van der Waals surface area contributed by atoms with Gasteiger partial charge in [0.05, 0.1) is 11.6 Å². The zero-order chi connectivity index (χ0) is 13.0. The standard InChI is InChI=1S/C14H22BrNO/c1-9(2)11-7-12(10(3)5-6-16)14(17-4)13(15)8-11/h7-10H,5-6,16H2,1-4H3. The molecule has 0 aliphatic carbocycles. The summed E-state index contributed by atoms with van der Waals surface area (Å²) in [7, 11) is 1.72. The van der Waals surface area contributed by atoms with Crippen molar-refractivity contribution in [1.82, 2.24) is 0 Å². The van der Waals surface area contributed by atoms with Gasteiger partial charge in [-0.05, 0) is 57.9 Å². The molecule has 1 aromatic rings. The lowest BCUT2D eigenvalue weighted by molar-refractivity contribution is 0.402. The molecule has 1 atom stereocenters. The normalized spacial score (nSPS) is 12.9. The van der Waals surface area contributed by atoms with Crippen LogP contribution in [0.25, 0.3) is 0 Å². The predicted molar refractivity (Wildman–Crippen MR) is 76.9 cm³/mol. The lowest BCUT2D eigenvalue weighted by Crippen LogP contribution is -2.07. The number of hydrogen-bond donors (Lipinski definition) is 1. The number of nitrogens with two attached hydrogens (primary N) is 1. The van der Waals surface area contributed by atoms with Gasteiger partial charge in [-0.1, -0.05) is 26.8 Å². The van der Waals surface area contributed by atoms with Gasteiger partial charge in [-0.3, -0.25) is 0 Å². The number of methoxy groups -OCH3 is 1. The van der Waals surface area contributed by atoms with E-state index in [1.807, 2.05) is 0 Å². The third kappa shape index (κ3) is 3.46. The molecule has 0 spiro atoms. The highest BCUT2D eigenvalue weighted by molar-refractivity contribution is 9.10. The van der Waals surface area contributed by atoms with Gasteiger partial charge in [0.25, 0.3) is 0 Å². The Bertz CT molecular complexity index is 377. The monoisotopic (exact) mass is 299 g/mol. The molecule has 0 aromatic heterocycles. The van der Waals surface area contributed by atoms with Crippen LogP contribution in [0.2, 0.25) is 0 Å². The van der Waals surface area contributed by atoms with Crippen LogP contribution in [0.1, 0.15) is 50.2 Å². The number of hydrogen-bond acceptors (Lipinski definition) is 2. The van der Waals surface area contributed by atoms with E-state index in [9.17, 15) is 0 Å². The van der Waals surface area contributed by atoms with Crippen molar-refractivity contribution in [2.24, 2.45) is 5.73 Å². The zero-order valence-electron chi connectivity index (χ0n) is 11.1. The van der Waals surface area contributed by atoms with Crippen LogP contribution in [0.4, 0.5) is 0 Å². The van der Waals surface area contributed by atoms with Crippen LogP contribution in [-0.2, 0) is 0 Å². The number of ether oxygens (including phenoxy) is 1. The maximum atomic E-state index is 5.64. The van der Waals surface area contributed by atoms with Crippen LogP contribution in [0.5, 0.6) is 5.75 Å². The molecule has 0 heterocycles. The predicted octanol–water partition coefficient (Wildman–Crippen LogP) is 4.03. The molecule has 1 aromatic carbocycles. The molecule has 0 aliphatic rings. The first-order chi connectivity index (χ1) is 8.01. The molecule has 0 saturated carbocycles. The topological polar surface area (TPSA) is 35.2 Å². The van der Waals surface area contributed by atoms with E-state index in [2.05, 4.69) is 48.8 Å². The summed E-state index contributed by atoms with van der Waals surface area (Å²) in [6.45, 7) is 7.30. The summed E-state index contributed by atoms with van der Waals surface area (Å²) < 4.78 is 6.52. The van der Waals surface area contributed by atoms with Crippen molar-refractivity contribution in [2.75, 3.05) is 13.7 Å². The Morgan fingerprint density at radius 1 is 1.29 bits per heavy atom. The second-order valence-electron chi connectivity index (χ2n) is 4.76. The van der Waals surface area contributed by atoms with E-state index in [0.717, 1.165) is 16.6 Å². The van der Waals surface area contributed by atoms with E-state index in [4.69, 9.17) is 10.5 Å². The molecule has 0 saturated heterocycles. The highest BCUT2D eigenvalue weighted by Gasteiger charge is 2.16. The van der Waals surface area contributed by atoms with Crippen molar-refractivity contribution in [3.8, 4) is 5.75 Å². The molecule has 0 radical (unpaired) electrons. The van der Waals surface area contributed by atoms with Crippen molar-refractivity contribution in [3.05, 3.63) is 27.7 Å². The third-order valence-corrected chi connectivity index (χ3v) is 3.69. The van der Waals surface area contributed by atoms with Gasteiger partial charge in [-0.25, -0.2) is 0 Å². The average molecular weight is 300 g/mol. The molecular weight excluding hydrogens is 278 g/mol. The summed E-state index contributed by atoms with van der Waals surface area (Å²) in [5.41, 5.74) is 8.22. The van der Waals surface area contributed by atoms with Crippen molar-refractivity contribution in [2.45, 2.75) is 39.0 Å². The maximum Gasteiger partial charge on any atom is 0.136 e. The Kier molecular flexibility index (Phi) is 5.47. The minimum atomic E-state index is 0.421. The van der Waals surface area contributed by atoms with E-state index >= 15 is 0 Å². The van der Waals surface area contributed by atoms with Gasteiger partial charge >= 0.3 is 0 Å². The second kappa shape index (κ2) is 6.41. The highest BCUT2D eigenvalue weighted by atomic mass is 79.9. The Morgan fingerprint density at radius 2 is 1.94 bits per heavy atom. The summed E-state index contributed by atoms with van der Waals surface area (Å²) in [6.07, 6.45) is 0.977. The van der Waals surface area contributed by atoms with E-state index in [1.165, 1.54) is 11.1 Å². The van der Waals surface area contributed by atoms with E-state index in [0.29, 0.717) is 18.4 Å². The molecule has 1 unspecified atom stereocenters. The smallest absolute Gasteiger partial charge is 0.136 e. The fourth-order valence-electron chi connectivity index (χ4n) is 1.96. The lowest BCUT2D eigenvalue weighted by Gasteiger charge is -2.19. The quantitative estimate of drug-likeness (QED) is 0.891. The summed E-state index contributed by atoms with van der Waals surface area (Å²) >= 11 is 3.59. The summed E-state index contributed by atoms with van der Waals surface area (Å²) in [5.74, 6) is 1.88. The van der Waals surface area contributed by atoms with Crippen LogP contribution < -0.4 is 10.5 Å². The number of benzene rings is 1. The molecule has 96 valence electrons. The molecule has 17 heavy (non-hydrogen) atoms. The minimum absolute atomic E-state index is 0.421. The molecule has 1 rings (SSSR count). The van der Waals surface area contributed by atoms with Crippen molar-refractivity contribution in [3.63, 3.8) is 0 Å². The number of rotatable bonds is 5. The Morgan fingerprint density at radius 3 is 2.41 bits per heavy atom. The van der Waals surface area contributed by atoms with Crippen LogP contribution in [0.3, 0.4) is 0 Å². The van der Waals surface area contributed by atoms with Crippen LogP contribution in [0.15, 0.2) is 16.6 Å². The van der Waals surface area contributed by atoms with Gasteiger partial charge in [0.15, 0.2) is 0 Å². The molecule has 0 fully saturated rings. The van der Waals surface area contributed by atoms with Gasteiger partial charge in [-0.15, -0.1) is 0 Å². The first kappa shape index (κ1) is 14.5. The van der Waals surface area contributed by atoms with Gasteiger partial charge in [0.2, 0.25) is 0 Å². The Balaban J connectivity index is 3.23. The van der Waals surface area contributed by atoms with Gasteiger partial charge in [-0.2, -0.15) is 0 Å². The zero-order valence-corrected chi connectivity index (χ0v) is 12.7. The molecule has 0 aliphatic heterocycles. The van der Waals surface area contributed by atoms with E-state index in [1.54, 1.807) is 7.11 Å². The highest BCUT2D eigenvalue weighted by Crippen LogP contribution is 2.37. The van der Waals surface area contributed by atoms with Crippen molar-refractivity contribution >= 4 is 15.9 Å².